The van der Waals surface area contributed by atoms with Gasteiger partial charge in [-0.3, -0.25) is 33.6 Å². The van der Waals surface area contributed by atoms with Crippen LogP contribution in [0.15, 0.2) is 0 Å². The molecule has 11 atom stereocenters. The molecule has 19 heteroatoms. The van der Waals surface area contributed by atoms with Crippen molar-refractivity contribution in [1.82, 2.24) is 0 Å². The first-order valence-corrected chi connectivity index (χ1v) is 13.9. The molecule has 0 bridgehead atoms. The summed E-state index contributed by atoms with van der Waals surface area (Å²) in [5.74, 6) is -6.34. The van der Waals surface area contributed by atoms with Crippen LogP contribution in [0.3, 0.4) is 0 Å². The van der Waals surface area contributed by atoms with E-state index in [9.17, 15) is 43.8 Å². The second kappa shape index (κ2) is 17.1. The molecule has 0 radical (unpaired) electrons. The van der Waals surface area contributed by atoms with Gasteiger partial charge in [-0.2, -0.15) is 0 Å². The van der Waals surface area contributed by atoms with Crippen LogP contribution in [0.2, 0.25) is 0 Å². The fourth-order valence-electron chi connectivity index (χ4n) is 4.85. The van der Waals surface area contributed by atoms with Crippen molar-refractivity contribution in [2.45, 2.75) is 116 Å². The summed E-state index contributed by atoms with van der Waals surface area (Å²) in [6.07, 6.45) is -18.1. The molecule has 260 valence electrons. The highest BCUT2D eigenvalue weighted by molar-refractivity contribution is 5.69. The molecule has 2 heterocycles. The zero-order chi connectivity index (χ0) is 34.9. The third-order valence-electron chi connectivity index (χ3n) is 6.24. The number of aliphatic hydroxyl groups excluding tert-OH is 2. The molecular formula is C27H38O19. The summed E-state index contributed by atoms with van der Waals surface area (Å²) < 4.78 is 53.9. The summed E-state index contributed by atoms with van der Waals surface area (Å²) in [6, 6.07) is 0. The van der Waals surface area contributed by atoms with Gasteiger partial charge in [0, 0.05) is 48.5 Å². The topological polar surface area (TPSA) is 252 Å². The van der Waals surface area contributed by atoms with Crippen molar-refractivity contribution in [2.24, 2.45) is 0 Å². The minimum absolute atomic E-state index is 0.711. The monoisotopic (exact) mass is 666 g/mol. The van der Waals surface area contributed by atoms with Gasteiger partial charge in [-0.25, -0.2) is 0 Å². The first-order valence-electron chi connectivity index (χ1n) is 13.9. The summed E-state index contributed by atoms with van der Waals surface area (Å²) >= 11 is 0. The highest BCUT2D eigenvalue weighted by atomic mass is 16.8. The van der Waals surface area contributed by atoms with Crippen LogP contribution >= 0.6 is 0 Å². The van der Waals surface area contributed by atoms with Crippen LogP contribution in [-0.4, -0.2) is 133 Å². The SMILES string of the molecule is CC(=O)O[C@@H]1[C@@H](OC(C)=O)[C@@H](O)O[C@H](CO[C@H]2O[C@H]([C@H](CO)OC(C)=O)[C@@H](OC(C)=O)[C@H](OC(C)=O)[C@@H]2OC(C)=O)[C@H]1OC(C)=O. The van der Waals surface area contributed by atoms with Crippen LogP contribution in [0, 0.1) is 0 Å². The second-order valence-electron chi connectivity index (χ2n) is 10.1. The van der Waals surface area contributed by atoms with Gasteiger partial charge in [-0.05, 0) is 0 Å². The average Bonchev–Trinajstić information content (AvgIpc) is 2.91. The highest BCUT2D eigenvalue weighted by Crippen LogP contribution is 2.34. The maximum atomic E-state index is 12.1. The molecule has 0 saturated carbocycles. The number of esters is 7. The number of carbonyl (C=O) groups is 7. The summed E-state index contributed by atoms with van der Waals surface area (Å²) in [4.78, 5) is 83.7. The van der Waals surface area contributed by atoms with Crippen LogP contribution in [0.25, 0.3) is 0 Å². The minimum Gasteiger partial charge on any atom is -0.457 e. The van der Waals surface area contributed by atoms with E-state index in [4.69, 9.17) is 47.4 Å². The third-order valence-corrected chi connectivity index (χ3v) is 6.24. The van der Waals surface area contributed by atoms with Gasteiger partial charge in [0.1, 0.15) is 12.2 Å². The molecule has 2 N–H and O–H groups in total. The molecular weight excluding hydrogens is 628 g/mol. The quantitative estimate of drug-likeness (QED) is 0.168. The predicted octanol–water partition coefficient (Wildman–Crippen LogP) is -2.04. The second-order valence-corrected chi connectivity index (χ2v) is 10.1. The molecule has 2 rings (SSSR count). The third kappa shape index (κ3) is 10.9. The van der Waals surface area contributed by atoms with Gasteiger partial charge in [0.15, 0.2) is 55.3 Å². The summed E-state index contributed by atoms with van der Waals surface area (Å²) in [6.45, 7) is 5.48. The van der Waals surface area contributed by atoms with E-state index in [-0.39, 0.29) is 0 Å². The average molecular weight is 667 g/mol. The summed E-state index contributed by atoms with van der Waals surface area (Å²) in [5.41, 5.74) is 0. The maximum Gasteiger partial charge on any atom is 0.303 e. The zero-order valence-electron chi connectivity index (χ0n) is 26.1. The smallest absolute Gasteiger partial charge is 0.303 e. The Bertz CT molecular complexity index is 1140. The summed E-state index contributed by atoms with van der Waals surface area (Å²) in [5, 5.41) is 20.7. The van der Waals surface area contributed by atoms with E-state index < -0.39 is 123 Å². The van der Waals surface area contributed by atoms with Crippen LogP contribution in [-0.2, 0) is 80.9 Å². The number of aliphatic hydroxyl groups is 2. The highest BCUT2D eigenvalue weighted by Gasteiger charge is 2.56. The largest absolute Gasteiger partial charge is 0.457 e. The van der Waals surface area contributed by atoms with E-state index in [1.807, 2.05) is 0 Å². The normalized spacial score (nSPS) is 31.3. The fourth-order valence-corrected chi connectivity index (χ4v) is 4.85. The Kier molecular flexibility index (Phi) is 14.3. The van der Waals surface area contributed by atoms with Gasteiger partial charge in [0.25, 0.3) is 0 Å². The standard InChI is InChI=1S/C27H38O19/c1-10(29)38-17(8-28)19-21(40-12(3)31)23(42-14(5)33)25(44-16(7)35)27(46-19)37-9-18-20(39-11(2)30)22(41-13(4)32)24(26(36)45-18)43-15(6)34/h17-28,36H,8-9H2,1-7H3/t17-,18+,19+,20+,21+,22-,23-,24+,25-,26-,27-/m0/s1. The number of hydrogen-bond donors (Lipinski definition) is 2. The molecule has 2 aliphatic heterocycles. The summed E-state index contributed by atoms with van der Waals surface area (Å²) in [7, 11) is 0. The van der Waals surface area contributed by atoms with Gasteiger partial charge in [0.05, 0.1) is 13.2 Å². The predicted molar refractivity (Wildman–Crippen MR) is 141 cm³/mol. The Morgan fingerprint density at radius 3 is 1.43 bits per heavy atom. The Hall–Kier alpha value is -3.91. The molecule has 19 nitrogen and oxygen atoms in total. The Morgan fingerprint density at radius 1 is 0.565 bits per heavy atom. The lowest BCUT2D eigenvalue weighted by Gasteiger charge is -2.46. The lowest BCUT2D eigenvalue weighted by atomic mass is 9.94. The molecule has 0 aromatic heterocycles. The van der Waals surface area contributed by atoms with Crippen molar-refractivity contribution in [3.63, 3.8) is 0 Å². The van der Waals surface area contributed by atoms with Crippen molar-refractivity contribution >= 4 is 41.8 Å². The van der Waals surface area contributed by atoms with Crippen LogP contribution < -0.4 is 0 Å². The molecule has 46 heavy (non-hydrogen) atoms. The van der Waals surface area contributed by atoms with Gasteiger partial charge in [-0.1, -0.05) is 0 Å². The van der Waals surface area contributed by atoms with E-state index >= 15 is 0 Å². The molecule has 0 aromatic rings. The molecule has 0 unspecified atom stereocenters. The van der Waals surface area contributed by atoms with Crippen molar-refractivity contribution in [1.29, 1.82) is 0 Å². The molecule has 2 fully saturated rings. The van der Waals surface area contributed by atoms with Crippen molar-refractivity contribution in [3.05, 3.63) is 0 Å². The van der Waals surface area contributed by atoms with Gasteiger partial charge in [-0.15, -0.1) is 0 Å². The van der Waals surface area contributed by atoms with E-state index in [0.717, 1.165) is 48.5 Å². The number of rotatable bonds is 12. The zero-order valence-corrected chi connectivity index (χ0v) is 26.1. The number of hydrogen-bond acceptors (Lipinski definition) is 19. The molecule has 2 saturated heterocycles. The van der Waals surface area contributed by atoms with Gasteiger partial charge >= 0.3 is 41.8 Å². The van der Waals surface area contributed by atoms with E-state index in [0.29, 0.717) is 0 Å². The molecule has 2 aliphatic rings. The number of carbonyl (C=O) groups excluding carboxylic acids is 7. The van der Waals surface area contributed by atoms with Crippen molar-refractivity contribution < 1.29 is 91.1 Å². The first kappa shape index (κ1) is 38.3. The first-order chi connectivity index (χ1) is 21.4. The fraction of sp³-hybridized carbons (Fsp3) is 0.741. The Labute approximate surface area is 262 Å². The molecule has 0 amide bonds. The van der Waals surface area contributed by atoms with Crippen molar-refractivity contribution in [2.75, 3.05) is 13.2 Å². The van der Waals surface area contributed by atoms with Gasteiger partial charge in [0.2, 0.25) is 0 Å². The Morgan fingerprint density at radius 2 is 0.978 bits per heavy atom. The minimum atomic E-state index is -1.94. The van der Waals surface area contributed by atoms with Crippen molar-refractivity contribution in [3.8, 4) is 0 Å². The molecule has 0 aliphatic carbocycles. The van der Waals surface area contributed by atoms with E-state index in [1.165, 1.54) is 0 Å². The lowest BCUT2D eigenvalue weighted by molar-refractivity contribution is -0.335. The maximum absolute atomic E-state index is 12.1. The molecule has 0 spiro atoms. The van der Waals surface area contributed by atoms with E-state index in [1.54, 1.807) is 0 Å². The Balaban J connectivity index is 2.56. The lowest BCUT2D eigenvalue weighted by Crippen LogP contribution is -2.66. The van der Waals surface area contributed by atoms with Gasteiger partial charge < -0.3 is 57.6 Å². The number of ether oxygens (including phenoxy) is 10. The molecule has 0 aromatic carbocycles. The van der Waals surface area contributed by atoms with Crippen LogP contribution in [0.4, 0.5) is 0 Å². The van der Waals surface area contributed by atoms with Crippen LogP contribution in [0.5, 0.6) is 0 Å². The van der Waals surface area contributed by atoms with E-state index in [2.05, 4.69) is 0 Å². The van der Waals surface area contributed by atoms with Crippen LogP contribution in [0.1, 0.15) is 48.5 Å².